The van der Waals surface area contributed by atoms with Crippen LogP contribution < -0.4 is 4.90 Å². The van der Waals surface area contributed by atoms with Crippen LogP contribution >= 0.6 is 27.5 Å². The molecule has 1 saturated heterocycles. The maximum Gasteiger partial charge on any atom is 0.0407 e. The fraction of sp³-hybridized carbons (Fsp3) is 0.385. The molecule has 0 unspecified atom stereocenters. The molecule has 92 valence electrons. The lowest BCUT2D eigenvalue weighted by molar-refractivity contribution is 0.283. The van der Waals surface area contributed by atoms with Gasteiger partial charge in [0.1, 0.15) is 0 Å². The van der Waals surface area contributed by atoms with Crippen LogP contribution in [0.5, 0.6) is 0 Å². The monoisotopic (exact) mass is 314 g/mol. The number of piperazine rings is 1. The molecule has 0 amide bonds. The Morgan fingerprint density at radius 2 is 1.76 bits per heavy atom. The van der Waals surface area contributed by atoms with Gasteiger partial charge in [0.25, 0.3) is 0 Å². The van der Waals surface area contributed by atoms with Crippen molar-refractivity contribution in [2.24, 2.45) is 0 Å². The number of anilines is 1. The predicted octanol–water partition coefficient (Wildman–Crippen LogP) is 3.37. The third-order valence-electron chi connectivity index (χ3n) is 2.96. The molecule has 1 aliphatic heterocycles. The van der Waals surface area contributed by atoms with Crippen LogP contribution in [0.3, 0.4) is 0 Å². The molecule has 4 heteroatoms. The van der Waals surface area contributed by atoms with Gasteiger partial charge in [-0.05, 0) is 24.3 Å². The Morgan fingerprint density at radius 1 is 1.18 bits per heavy atom. The average molecular weight is 316 g/mol. The fourth-order valence-corrected chi connectivity index (χ4v) is 2.54. The standard InChI is InChI=1S/C13H16BrClN2/c1-11(14)10-16-6-8-17(9-7-16)13-4-2-12(15)3-5-13/h2-5H,1,6-10H2. The smallest absolute Gasteiger partial charge is 0.0407 e. The van der Waals surface area contributed by atoms with Gasteiger partial charge >= 0.3 is 0 Å². The van der Waals surface area contributed by atoms with E-state index >= 15 is 0 Å². The van der Waals surface area contributed by atoms with Gasteiger partial charge in [-0.15, -0.1) is 0 Å². The van der Waals surface area contributed by atoms with E-state index in [0.717, 1.165) is 42.2 Å². The van der Waals surface area contributed by atoms with Crippen LogP contribution in [0.2, 0.25) is 5.02 Å². The lowest BCUT2D eigenvalue weighted by atomic mass is 10.2. The molecule has 0 atom stereocenters. The van der Waals surface area contributed by atoms with Crippen molar-refractivity contribution < 1.29 is 0 Å². The van der Waals surface area contributed by atoms with E-state index in [9.17, 15) is 0 Å². The molecule has 0 radical (unpaired) electrons. The minimum Gasteiger partial charge on any atom is -0.369 e. The number of benzene rings is 1. The summed E-state index contributed by atoms with van der Waals surface area (Å²) in [6.45, 7) is 9.09. The van der Waals surface area contributed by atoms with Crippen molar-refractivity contribution in [3.05, 3.63) is 40.3 Å². The summed E-state index contributed by atoms with van der Waals surface area (Å²) in [6, 6.07) is 8.07. The summed E-state index contributed by atoms with van der Waals surface area (Å²) in [4.78, 5) is 4.80. The SMILES string of the molecule is C=C(Br)CN1CCN(c2ccc(Cl)cc2)CC1. The van der Waals surface area contributed by atoms with Crippen molar-refractivity contribution in [1.29, 1.82) is 0 Å². The van der Waals surface area contributed by atoms with Crippen molar-refractivity contribution in [2.75, 3.05) is 37.6 Å². The molecular weight excluding hydrogens is 300 g/mol. The van der Waals surface area contributed by atoms with Gasteiger partial charge in [0.15, 0.2) is 0 Å². The van der Waals surface area contributed by atoms with Gasteiger partial charge in [-0.1, -0.05) is 34.1 Å². The van der Waals surface area contributed by atoms with E-state index < -0.39 is 0 Å². The third-order valence-corrected chi connectivity index (χ3v) is 3.46. The zero-order chi connectivity index (χ0) is 12.3. The maximum atomic E-state index is 5.89. The Morgan fingerprint density at radius 3 is 2.29 bits per heavy atom. The number of hydrogen-bond donors (Lipinski definition) is 0. The summed E-state index contributed by atoms with van der Waals surface area (Å²) in [7, 11) is 0. The van der Waals surface area contributed by atoms with Crippen LogP contribution in [0.4, 0.5) is 5.69 Å². The first-order chi connectivity index (χ1) is 8.15. The van der Waals surface area contributed by atoms with Crippen molar-refractivity contribution in [3.63, 3.8) is 0 Å². The molecule has 0 bridgehead atoms. The van der Waals surface area contributed by atoms with Gasteiger partial charge in [-0.2, -0.15) is 0 Å². The predicted molar refractivity (Wildman–Crippen MR) is 78.2 cm³/mol. The molecular formula is C13H16BrClN2. The van der Waals surface area contributed by atoms with E-state index in [1.165, 1.54) is 5.69 Å². The molecule has 1 aliphatic rings. The van der Waals surface area contributed by atoms with E-state index in [4.69, 9.17) is 11.6 Å². The number of nitrogens with zero attached hydrogens (tertiary/aromatic N) is 2. The van der Waals surface area contributed by atoms with Gasteiger partial charge in [0.05, 0.1) is 0 Å². The Kier molecular flexibility index (Phi) is 4.48. The van der Waals surface area contributed by atoms with Crippen LogP contribution in [0.25, 0.3) is 0 Å². The molecule has 1 aromatic carbocycles. The van der Waals surface area contributed by atoms with E-state index in [1.54, 1.807) is 0 Å². The van der Waals surface area contributed by atoms with Gasteiger partial charge < -0.3 is 4.90 Å². The summed E-state index contributed by atoms with van der Waals surface area (Å²) in [6.07, 6.45) is 0. The van der Waals surface area contributed by atoms with Gasteiger partial charge in [0.2, 0.25) is 0 Å². The van der Waals surface area contributed by atoms with E-state index in [-0.39, 0.29) is 0 Å². The molecule has 0 aromatic heterocycles. The Labute approximate surface area is 116 Å². The second kappa shape index (κ2) is 5.89. The van der Waals surface area contributed by atoms with Crippen molar-refractivity contribution in [1.82, 2.24) is 4.90 Å². The average Bonchev–Trinajstić information content (AvgIpc) is 2.30. The molecule has 0 spiro atoms. The summed E-state index contributed by atoms with van der Waals surface area (Å²) in [5.41, 5.74) is 1.26. The minimum atomic E-state index is 0.794. The molecule has 2 rings (SSSR count). The molecule has 2 nitrogen and oxygen atoms in total. The Hall–Kier alpha value is -0.510. The topological polar surface area (TPSA) is 6.48 Å². The highest BCUT2D eigenvalue weighted by molar-refractivity contribution is 9.11. The normalized spacial score (nSPS) is 17.2. The second-order valence-electron chi connectivity index (χ2n) is 4.26. The highest BCUT2D eigenvalue weighted by Crippen LogP contribution is 2.19. The van der Waals surface area contributed by atoms with Crippen LogP contribution in [-0.2, 0) is 0 Å². The molecule has 17 heavy (non-hydrogen) atoms. The largest absolute Gasteiger partial charge is 0.369 e. The molecule has 1 fully saturated rings. The highest BCUT2D eigenvalue weighted by atomic mass is 79.9. The number of rotatable bonds is 3. The van der Waals surface area contributed by atoms with Crippen molar-refractivity contribution >= 4 is 33.2 Å². The summed E-state index contributed by atoms with van der Waals surface area (Å²) < 4.78 is 1.05. The molecule has 0 saturated carbocycles. The van der Waals surface area contributed by atoms with Crippen molar-refractivity contribution in [3.8, 4) is 0 Å². The van der Waals surface area contributed by atoms with E-state index in [2.05, 4.69) is 44.4 Å². The first-order valence-corrected chi connectivity index (χ1v) is 6.88. The maximum absolute atomic E-state index is 5.89. The molecule has 0 aliphatic carbocycles. The lowest BCUT2D eigenvalue weighted by Crippen LogP contribution is -2.46. The van der Waals surface area contributed by atoms with Crippen LogP contribution in [0.15, 0.2) is 35.3 Å². The van der Waals surface area contributed by atoms with Crippen molar-refractivity contribution in [2.45, 2.75) is 0 Å². The zero-order valence-electron chi connectivity index (χ0n) is 9.70. The van der Waals surface area contributed by atoms with Gasteiger partial charge in [-0.3, -0.25) is 4.90 Å². The number of halogens is 2. The van der Waals surface area contributed by atoms with Crippen LogP contribution in [0.1, 0.15) is 0 Å². The second-order valence-corrected chi connectivity index (χ2v) is 5.81. The quantitative estimate of drug-likeness (QED) is 0.844. The lowest BCUT2D eigenvalue weighted by Gasteiger charge is -2.36. The van der Waals surface area contributed by atoms with E-state index in [1.807, 2.05) is 12.1 Å². The Balaban J connectivity index is 1.90. The molecule has 0 N–H and O–H groups in total. The highest BCUT2D eigenvalue weighted by Gasteiger charge is 2.16. The first kappa shape index (κ1) is 12.9. The summed E-state index contributed by atoms with van der Waals surface area (Å²) in [5, 5.41) is 0.794. The van der Waals surface area contributed by atoms with Crippen LogP contribution in [-0.4, -0.2) is 37.6 Å². The van der Waals surface area contributed by atoms with Gasteiger partial charge in [0, 0.05) is 47.9 Å². The molecule has 1 heterocycles. The zero-order valence-corrected chi connectivity index (χ0v) is 12.0. The third kappa shape index (κ3) is 3.73. The number of hydrogen-bond acceptors (Lipinski definition) is 2. The minimum absolute atomic E-state index is 0.794. The summed E-state index contributed by atoms with van der Waals surface area (Å²) in [5.74, 6) is 0. The first-order valence-electron chi connectivity index (χ1n) is 5.71. The van der Waals surface area contributed by atoms with Gasteiger partial charge in [-0.25, -0.2) is 0 Å². The molecule has 1 aromatic rings. The Bertz CT molecular complexity index is 383. The summed E-state index contributed by atoms with van der Waals surface area (Å²) >= 11 is 9.30. The van der Waals surface area contributed by atoms with E-state index in [0.29, 0.717) is 0 Å². The van der Waals surface area contributed by atoms with Crippen LogP contribution in [0, 0.1) is 0 Å². The fourth-order valence-electron chi connectivity index (χ4n) is 2.06.